The van der Waals surface area contributed by atoms with Crippen molar-refractivity contribution in [1.82, 2.24) is 0 Å². The maximum Gasteiger partial charge on any atom is 0.148 e. The summed E-state index contributed by atoms with van der Waals surface area (Å²) in [5.74, 6) is -0.333. The van der Waals surface area contributed by atoms with Gasteiger partial charge in [-0.15, -0.1) is 11.3 Å². The zero-order valence-corrected chi connectivity index (χ0v) is 29.3. The van der Waals surface area contributed by atoms with Gasteiger partial charge in [-0.05, 0) is 90.0 Å². The van der Waals surface area contributed by atoms with Crippen molar-refractivity contribution in [1.29, 1.82) is 0 Å². The average Bonchev–Trinajstić information content (AvgIpc) is 3.77. The molecule has 8 aromatic carbocycles. The number of anilines is 6. The molecule has 2 aromatic heterocycles. The lowest BCUT2D eigenvalue weighted by Crippen LogP contribution is -2.11. The van der Waals surface area contributed by atoms with E-state index in [1.54, 1.807) is 17.4 Å². The number of thiophene rings is 1. The molecule has 0 saturated carbocycles. The summed E-state index contributed by atoms with van der Waals surface area (Å²) in [6, 6.07) is 63.6. The van der Waals surface area contributed by atoms with E-state index in [9.17, 15) is 0 Å². The molecule has 0 amide bonds. The van der Waals surface area contributed by atoms with Crippen molar-refractivity contribution in [2.24, 2.45) is 0 Å². The molecule has 10 rings (SSSR count). The van der Waals surface area contributed by atoms with Gasteiger partial charge in [-0.2, -0.15) is 0 Å². The highest BCUT2D eigenvalue weighted by atomic mass is 32.1. The number of para-hydroxylation sites is 3. The van der Waals surface area contributed by atoms with Crippen LogP contribution in [0, 0.1) is 5.82 Å². The molecule has 0 radical (unpaired) electrons. The maximum absolute atomic E-state index is 16.8. The van der Waals surface area contributed by atoms with E-state index < -0.39 is 0 Å². The highest BCUT2D eigenvalue weighted by Gasteiger charge is 2.22. The van der Waals surface area contributed by atoms with Crippen LogP contribution in [0.1, 0.15) is 0 Å². The van der Waals surface area contributed by atoms with Crippen LogP contribution >= 0.6 is 11.3 Å². The van der Waals surface area contributed by atoms with E-state index in [2.05, 4.69) is 102 Å². The molecule has 0 atom stereocenters. The van der Waals surface area contributed by atoms with Crippen LogP contribution in [0.25, 0.3) is 53.2 Å². The Morgan fingerprint density at radius 2 is 1.00 bits per heavy atom. The zero-order chi connectivity index (χ0) is 35.3. The lowest BCUT2D eigenvalue weighted by atomic mass is 9.99. The summed E-state index contributed by atoms with van der Waals surface area (Å²) in [5, 5.41) is 4.01. The van der Waals surface area contributed by atoms with E-state index >= 15 is 4.39 Å². The molecule has 0 spiro atoms. The van der Waals surface area contributed by atoms with E-state index in [0.29, 0.717) is 16.9 Å². The second-order valence-electron chi connectivity index (χ2n) is 13.1. The van der Waals surface area contributed by atoms with Crippen LogP contribution in [0.3, 0.4) is 0 Å². The van der Waals surface area contributed by atoms with Crippen LogP contribution in [0.2, 0.25) is 0 Å². The molecular formula is C48H31FN2OS. The van der Waals surface area contributed by atoms with Crippen molar-refractivity contribution < 1.29 is 8.81 Å². The Morgan fingerprint density at radius 1 is 0.415 bits per heavy atom. The number of hydrogen-bond acceptors (Lipinski definition) is 4. The van der Waals surface area contributed by atoms with Crippen LogP contribution in [0.15, 0.2) is 192 Å². The first-order valence-electron chi connectivity index (χ1n) is 17.6. The third-order valence-corrected chi connectivity index (χ3v) is 11.0. The molecule has 2 heterocycles. The topological polar surface area (TPSA) is 19.6 Å². The normalized spacial score (nSPS) is 11.5. The maximum atomic E-state index is 16.8. The van der Waals surface area contributed by atoms with Gasteiger partial charge in [-0.25, -0.2) is 4.39 Å². The summed E-state index contributed by atoms with van der Waals surface area (Å²) in [6.45, 7) is 0. The SMILES string of the molecule is Fc1cc2c(cc1N(c1ccccc1)c1ccc3c(c1)sc1cccc(-c4ccccc4)c13)oc1ccc(N(c3ccccc3)c3ccccc3)cc12. The van der Waals surface area contributed by atoms with Crippen LogP contribution in [-0.2, 0) is 0 Å². The van der Waals surface area contributed by atoms with Crippen molar-refractivity contribution in [2.45, 2.75) is 0 Å². The molecule has 5 heteroatoms. The molecule has 53 heavy (non-hydrogen) atoms. The molecule has 0 N–H and O–H groups in total. The molecule has 0 saturated heterocycles. The smallest absolute Gasteiger partial charge is 0.148 e. The van der Waals surface area contributed by atoms with Gasteiger partial charge in [0.2, 0.25) is 0 Å². The van der Waals surface area contributed by atoms with Gasteiger partial charge in [0.15, 0.2) is 0 Å². The Bertz CT molecular complexity index is 2870. The molecule has 10 aromatic rings. The first-order chi connectivity index (χ1) is 26.2. The van der Waals surface area contributed by atoms with E-state index in [1.807, 2.05) is 89.8 Å². The summed E-state index contributed by atoms with van der Waals surface area (Å²) >= 11 is 1.76. The standard InChI is InChI=1S/C48H31FN2OS/c49-42-30-41-40-28-36(50(33-16-7-2-8-17-33)34-18-9-3-10-19-34)25-27-44(40)52-45(41)31-43(42)51(35-20-11-4-12-21-35)37-24-26-39-47(29-37)53-46-23-13-22-38(48(39)46)32-14-5-1-6-15-32/h1-31H. The highest BCUT2D eigenvalue weighted by molar-refractivity contribution is 7.26. The lowest BCUT2D eigenvalue weighted by molar-refractivity contribution is 0.627. The fourth-order valence-electron chi connectivity index (χ4n) is 7.50. The van der Waals surface area contributed by atoms with Gasteiger partial charge in [0, 0.05) is 65.4 Å². The molecule has 0 unspecified atom stereocenters. The predicted octanol–water partition coefficient (Wildman–Crippen LogP) is 14.7. The van der Waals surface area contributed by atoms with Crippen molar-refractivity contribution in [2.75, 3.05) is 9.80 Å². The van der Waals surface area contributed by atoms with Crippen LogP contribution in [-0.4, -0.2) is 0 Å². The monoisotopic (exact) mass is 702 g/mol. The third-order valence-electron chi connectivity index (χ3n) is 9.89. The molecular weight excluding hydrogens is 672 g/mol. The number of fused-ring (bicyclic) bond motifs is 6. The lowest BCUT2D eigenvalue weighted by Gasteiger charge is -2.26. The van der Waals surface area contributed by atoms with Crippen molar-refractivity contribution >= 4 is 87.6 Å². The summed E-state index contributed by atoms with van der Waals surface area (Å²) < 4.78 is 25.6. The Kier molecular flexibility index (Phi) is 7.52. The number of rotatable bonds is 7. The van der Waals surface area contributed by atoms with E-state index in [1.165, 1.54) is 26.6 Å². The molecule has 0 bridgehead atoms. The van der Waals surface area contributed by atoms with Crippen LogP contribution in [0.4, 0.5) is 38.5 Å². The number of furan rings is 1. The molecule has 252 valence electrons. The van der Waals surface area contributed by atoms with Gasteiger partial charge in [0.25, 0.3) is 0 Å². The molecule has 0 aliphatic heterocycles. The Labute approximate surface area is 310 Å². The second-order valence-corrected chi connectivity index (χ2v) is 14.2. The minimum atomic E-state index is -0.333. The fraction of sp³-hybridized carbons (Fsp3) is 0. The summed E-state index contributed by atoms with van der Waals surface area (Å²) in [6.07, 6.45) is 0. The first kappa shape index (κ1) is 31.1. The Morgan fingerprint density at radius 3 is 1.68 bits per heavy atom. The van der Waals surface area contributed by atoms with Crippen LogP contribution in [0.5, 0.6) is 0 Å². The molecule has 0 fully saturated rings. The van der Waals surface area contributed by atoms with Gasteiger partial charge in [-0.1, -0.05) is 103 Å². The van der Waals surface area contributed by atoms with Crippen molar-refractivity contribution in [3.63, 3.8) is 0 Å². The highest BCUT2D eigenvalue weighted by Crippen LogP contribution is 2.46. The van der Waals surface area contributed by atoms with Gasteiger partial charge >= 0.3 is 0 Å². The Hall–Kier alpha value is -6.69. The largest absolute Gasteiger partial charge is 0.456 e. The van der Waals surface area contributed by atoms with Crippen molar-refractivity contribution in [3.05, 3.63) is 194 Å². The predicted molar refractivity (Wildman–Crippen MR) is 221 cm³/mol. The number of hydrogen-bond donors (Lipinski definition) is 0. The van der Waals surface area contributed by atoms with E-state index in [0.717, 1.165) is 43.9 Å². The first-order valence-corrected chi connectivity index (χ1v) is 18.4. The number of benzene rings is 8. The zero-order valence-electron chi connectivity index (χ0n) is 28.5. The molecule has 0 aliphatic rings. The number of halogens is 1. The number of nitrogens with zero attached hydrogens (tertiary/aromatic N) is 2. The summed E-state index contributed by atoms with van der Waals surface area (Å²) in [4.78, 5) is 4.19. The third kappa shape index (κ3) is 5.41. The van der Waals surface area contributed by atoms with Crippen molar-refractivity contribution in [3.8, 4) is 11.1 Å². The average molecular weight is 703 g/mol. The van der Waals surface area contributed by atoms with Gasteiger partial charge in [0.1, 0.15) is 17.0 Å². The minimum absolute atomic E-state index is 0.333. The van der Waals surface area contributed by atoms with Crippen LogP contribution < -0.4 is 9.80 Å². The fourth-order valence-corrected chi connectivity index (χ4v) is 8.67. The molecule has 3 nitrogen and oxygen atoms in total. The van der Waals surface area contributed by atoms with Gasteiger partial charge in [0.05, 0.1) is 5.69 Å². The summed E-state index contributed by atoms with van der Waals surface area (Å²) in [5.41, 5.74) is 8.89. The second kappa shape index (κ2) is 12.8. The Balaban J connectivity index is 1.11. The quantitative estimate of drug-likeness (QED) is 0.165. The van der Waals surface area contributed by atoms with E-state index in [4.69, 9.17) is 4.42 Å². The molecule has 0 aliphatic carbocycles. The van der Waals surface area contributed by atoms with E-state index in [-0.39, 0.29) is 5.82 Å². The van der Waals surface area contributed by atoms with Gasteiger partial charge in [-0.3, -0.25) is 0 Å². The minimum Gasteiger partial charge on any atom is -0.456 e. The van der Waals surface area contributed by atoms with Gasteiger partial charge < -0.3 is 14.2 Å². The summed E-state index contributed by atoms with van der Waals surface area (Å²) in [7, 11) is 0.